The van der Waals surface area contributed by atoms with Crippen LogP contribution in [-0.4, -0.2) is 38.4 Å². The molecule has 4 rings (SSSR count). The Labute approximate surface area is 184 Å². The summed E-state index contributed by atoms with van der Waals surface area (Å²) in [5, 5.41) is 11.1. The largest absolute Gasteiger partial charge is 0.462 e. The first-order chi connectivity index (χ1) is 15.5. The zero-order valence-electron chi connectivity index (χ0n) is 17.8. The number of carbonyl (C=O) groups is 2. The van der Waals surface area contributed by atoms with Crippen molar-refractivity contribution in [1.29, 1.82) is 0 Å². The molecule has 9 nitrogen and oxygen atoms in total. The minimum atomic E-state index is -0.414. The summed E-state index contributed by atoms with van der Waals surface area (Å²) >= 11 is 0. The number of amides is 1. The quantitative estimate of drug-likeness (QED) is 0.460. The van der Waals surface area contributed by atoms with E-state index < -0.39 is 5.97 Å². The molecule has 0 aliphatic carbocycles. The summed E-state index contributed by atoms with van der Waals surface area (Å²) < 4.78 is 11.7. The highest BCUT2D eigenvalue weighted by atomic mass is 16.5. The van der Waals surface area contributed by atoms with Gasteiger partial charge < -0.3 is 14.6 Å². The average Bonchev–Trinajstić information content (AvgIpc) is 3.40. The summed E-state index contributed by atoms with van der Waals surface area (Å²) in [5.41, 5.74) is 3.48. The van der Waals surface area contributed by atoms with Crippen molar-refractivity contribution in [2.45, 2.75) is 20.8 Å². The number of hydrogen-bond acceptors (Lipinski definition) is 7. The van der Waals surface area contributed by atoms with Crippen LogP contribution in [0.2, 0.25) is 0 Å². The second-order valence-corrected chi connectivity index (χ2v) is 6.96. The fourth-order valence-corrected chi connectivity index (χ4v) is 3.22. The highest BCUT2D eigenvalue weighted by Gasteiger charge is 2.17. The van der Waals surface area contributed by atoms with Gasteiger partial charge in [-0.2, -0.15) is 10.1 Å². The van der Waals surface area contributed by atoms with E-state index in [0.717, 1.165) is 5.69 Å². The molecule has 0 bridgehead atoms. The molecule has 0 fully saturated rings. The summed E-state index contributed by atoms with van der Waals surface area (Å²) in [5.74, 6) is 0.147. The van der Waals surface area contributed by atoms with E-state index in [1.807, 2.05) is 18.2 Å². The van der Waals surface area contributed by atoms with Crippen molar-refractivity contribution in [3.8, 4) is 17.1 Å². The molecule has 0 unspecified atom stereocenters. The predicted octanol–water partition coefficient (Wildman–Crippen LogP) is 3.97. The van der Waals surface area contributed by atoms with E-state index >= 15 is 0 Å². The average molecular weight is 431 g/mol. The van der Waals surface area contributed by atoms with Crippen molar-refractivity contribution in [2.24, 2.45) is 0 Å². The van der Waals surface area contributed by atoms with Crippen LogP contribution in [0.1, 0.15) is 39.2 Å². The molecule has 2 aromatic heterocycles. The van der Waals surface area contributed by atoms with E-state index in [1.54, 1.807) is 55.8 Å². The van der Waals surface area contributed by atoms with Gasteiger partial charge in [-0.25, -0.2) is 9.48 Å². The Morgan fingerprint density at radius 2 is 1.84 bits per heavy atom. The SMILES string of the molecule is CCOC(=O)c1cnn(-c2ccc(C(=O)Nc3ccccc3-c3noc(C)n3)cc2)c1C. The molecule has 0 spiro atoms. The Morgan fingerprint density at radius 3 is 2.53 bits per heavy atom. The van der Waals surface area contributed by atoms with E-state index in [-0.39, 0.29) is 5.91 Å². The lowest BCUT2D eigenvalue weighted by Crippen LogP contribution is -2.13. The Kier molecular flexibility index (Phi) is 5.80. The minimum absolute atomic E-state index is 0.284. The first-order valence-corrected chi connectivity index (χ1v) is 10.0. The van der Waals surface area contributed by atoms with Crippen LogP contribution in [0.15, 0.2) is 59.3 Å². The molecule has 0 radical (unpaired) electrons. The molecule has 0 saturated carbocycles. The Bertz CT molecular complexity index is 1270. The molecule has 0 aliphatic heterocycles. The molecule has 4 aromatic rings. The van der Waals surface area contributed by atoms with E-state index in [2.05, 4.69) is 20.6 Å². The van der Waals surface area contributed by atoms with Crippen molar-refractivity contribution in [2.75, 3.05) is 11.9 Å². The first-order valence-electron chi connectivity index (χ1n) is 10.0. The van der Waals surface area contributed by atoms with Gasteiger partial charge in [0.1, 0.15) is 5.56 Å². The Morgan fingerprint density at radius 1 is 1.09 bits per heavy atom. The summed E-state index contributed by atoms with van der Waals surface area (Å²) in [4.78, 5) is 29.1. The lowest BCUT2D eigenvalue weighted by atomic mass is 10.1. The topological polar surface area (TPSA) is 112 Å². The van der Waals surface area contributed by atoms with Crippen molar-refractivity contribution < 1.29 is 18.8 Å². The van der Waals surface area contributed by atoms with Crippen LogP contribution in [0.3, 0.4) is 0 Å². The maximum Gasteiger partial charge on any atom is 0.341 e. The van der Waals surface area contributed by atoms with Crippen LogP contribution >= 0.6 is 0 Å². The highest BCUT2D eigenvalue weighted by Crippen LogP contribution is 2.26. The van der Waals surface area contributed by atoms with Gasteiger partial charge in [0.05, 0.1) is 29.9 Å². The van der Waals surface area contributed by atoms with Gasteiger partial charge in [0, 0.05) is 18.1 Å². The monoisotopic (exact) mass is 431 g/mol. The third kappa shape index (κ3) is 4.13. The lowest BCUT2D eigenvalue weighted by molar-refractivity contribution is 0.0525. The zero-order chi connectivity index (χ0) is 22.7. The van der Waals surface area contributed by atoms with Gasteiger partial charge in [-0.15, -0.1) is 0 Å². The van der Waals surface area contributed by atoms with Crippen molar-refractivity contribution in [3.05, 3.63) is 77.4 Å². The molecule has 0 saturated heterocycles. The number of benzene rings is 2. The van der Waals surface area contributed by atoms with Crippen molar-refractivity contribution >= 4 is 17.6 Å². The molecular formula is C23H21N5O4. The summed E-state index contributed by atoms with van der Waals surface area (Å²) in [6, 6.07) is 14.1. The van der Waals surface area contributed by atoms with Crippen LogP contribution < -0.4 is 5.32 Å². The van der Waals surface area contributed by atoms with Crippen molar-refractivity contribution in [1.82, 2.24) is 19.9 Å². The zero-order valence-corrected chi connectivity index (χ0v) is 17.8. The highest BCUT2D eigenvalue weighted by molar-refractivity contribution is 6.06. The fraction of sp³-hybridized carbons (Fsp3) is 0.174. The molecule has 2 heterocycles. The number of aromatic nitrogens is 4. The Hall–Kier alpha value is -4.27. The van der Waals surface area contributed by atoms with Gasteiger partial charge in [0.15, 0.2) is 0 Å². The second-order valence-electron chi connectivity index (χ2n) is 6.96. The summed E-state index contributed by atoms with van der Waals surface area (Å²) in [7, 11) is 0. The predicted molar refractivity (Wildman–Crippen MR) is 117 cm³/mol. The number of aryl methyl sites for hydroxylation is 1. The van der Waals surface area contributed by atoms with Gasteiger partial charge in [0.2, 0.25) is 11.7 Å². The molecule has 32 heavy (non-hydrogen) atoms. The second kappa shape index (κ2) is 8.84. The van der Waals surface area contributed by atoms with E-state index in [1.165, 1.54) is 6.20 Å². The van der Waals surface area contributed by atoms with Gasteiger partial charge in [-0.3, -0.25) is 4.79 Å². The van der Waals surface area contributed by atoms with Crippen LogP contribution in [0.5, 0.6) is 0 Å². The van der Waals surface area contributed by atoms with Crippen LogP contribution in [0.4, 0.5) is 5.69 Å². The molecule has 1 amide bonds. The third-order valence-electron chi connectivity index (χ3n) is 4.82. The number of hydrogen-bond donors (Lipinski definition) is 1. The Balaban J connectivity index is 1.54. The molecule has 2 aromatic carbocycles. The standard InChI is InChI=1S/C23H21N5O4/c1-4-31-23(30)19-13-24-28(14(19)2)17-11-9-16(10-12-17)22(29)26-20-8-6-5-7-18(20)21-25-15(3)32-27-21/h5-13H,4H2,1-3H3,(H,26,29). The first kappa shape index (κ1) is 21.0. The third-order valence-corrected chi connectivity index (χ3v) is 4.82. The van der Waals surface area contributed by atoms with Gasteiger partial charge in [0.25, 0.3) is 5.91 Å². The van der Waals surface area contributed by atoms with Gasteiger partial charge in [-0.05, 0) is 50.2 Å². The maximum absolute atomic E-state index is 12.8. The fourth-order valence-electron chi connectivity index (χ4n) is 3.22. The molecule has 162 valence electrons. The number of para-hydroxylation sites is 1. The van der Waals surface area contributed by atoms with Crippen LogP contribution in [0.25, 0.3) is 17.1 Å². The van der Waals surface area contributed by atoms with Crippen LogP contribution in [-0.2, 0) is 4.74 Å². The molecule has 0 aliphatic rings. The number of nitrogens with one attached hydrogen (secondary N) is 1. The van der Waals surface area contributed by atoms with E-state index in [0.29, 0.717) is 46.4 Å². The number of esters is 1. The summed E-state index contributed by atoms with van der Waals surface area (Å²) in [6.45, 7) is 5.54. The smallest absolute Gasteiger partial charge is 0.341 e. The molecular weight excluding hydrogens is 410 g/mol. The minimum Gasteiger partial charge on any atom is -0.462 e. The lowest BCUT2D eigenvalue weighted by Gasteiger charge is -2.10. The number of ether oxygens (including phenoxy) is 1. The van der Waals surface area contributed by atoms with E-state index in [9.17, 15) is 9.59 Å². The van der Waals surface area contributed by atoms with Gasteiger partial charge in [-0.1, -0.05) is 17.3 Å². The number of nitrogens with zero attached hydrogens (tertiary/aromatic N) is 4. The maximum atomic E-state index is 12.8. The van der Waals surface area contributed by atoms with E-state index in [4.69, 9.17) is 9.26 Å². The molecule has 0 atom stereocenters. The normalized spacial score (nSPS) is 10.7. The summed E-state index contributed by atoms with van der Waals surface area (Å²) in [6.07, 6.45) is 1.48. The van der Waals surface area contributed by atoms with Crippen LogP contribution in [0, 0.1) is 13.8 Å². The molecule has 1 N–H and O–H groups in total. The van der Waals surface area contributed by atoms with Gasteiger partial charge >= 0.3 is 5.97 Å². The van der Waals surface area contributed by atoms with Crippen molar-refractivity contribution in [3.63, 3.8) is 0 Å². The number of anilines is 1. The number of rotatable bonds is 6. The molecule has 9 heteroatoms. The number of carbonyl (C=O) groups excluding carboxylic acids is 2.